The van der Waals surface area contributed by atoms with Gasteiger partial charge in [-0.2, -0.15) is 0 Å². The topological polar surface area (TPSA) is 26.3 Å². The van der Waals surface area contributed by atoms with Crippen LogP contribution in [0, 0.1) is 0 Å². The first-order valence-electron chi connectivity index (χ1n) is 8.06. The van der Waals surface area contributed by atoms with E-state index in [1.165, 1.54) is 0 Å². The molecule has 3 rings (SSSR count). The zero-order valence-corrected chi connectivity index (χ0v) is 14.6. The van der Waals surface area contributed by atoms with Crippen molar-refractivity contribution >= 4 is 19.5 Å². The van der Waals surface area contributed by atoms with E-state index in [0.717, 1.165) is 11.1 Å². The Labute approximate surface area is 148 Å². The molecule has 0 radical (unpaired) electrons. The maximum absolute atomic E-state index is 13.3. The molecule has 0 aliphatic carbocycles. The number of para-hydroxylation sites is 1. The summed E-state index contributed by atoms with van der Waals surface area (Å²) in [5, 5.41) is 0. The first-order valence-corrected chi connectivity index (χ1v) is 9.82. The maximum Gasteiger partial charge on any atom is 0.292 e. The highest BCUT2D eigenvalue weighted by Crippen LogP contribution is 2.51. The van der Waals surface area contributed by atoms with Crippen LogP contribution in [0.3, 0.4) is 0 Å². The lowest BCUT2D eigenvalue weighted by atomic mass is 10.2. The molecule has 124 valence electrons. The van der Waals surface area contributed by atoms with Crippen LogP contribution in [0.2, 0.25) is 0 Å². The Bertz CT molecular complexity index is 832. The van der Waals surface area contributed by atoms with Gasteiger partial charge in [-0.3, -0.25) is 4.57 Å². The fourth-order valence-corrected chi connectivity index (χ4v) is 3.70. The van der Waals surface area contributed by atoms with Gasteiger partial charge in [-0.25, -0.2) is 0 Å². The lowest BCUT2D eigenvalue weighted by Gasteiger charge is -2.12. The molecule has 3 aromatic carbocycles. The van der Waals surface area contributed by atoms with Gasteiger partial charge in [0, 0.05) is 11.6 Å². The van der Waals surface area contributed by atoms with Gasteiger partial charge in [0.2, 0.25) is 0 Å². The van der Waals surface area contributed by atoms with E-state index in [1.807, 2.05) is 91.0 Å². The van der Waals surface area contributed by atoms with Gasteiger partial charge < -0.3 is 4.52 Å². The van der Waals surface area contributed by atoms with Gasteiger partial charge >= 0.3 is 0 Å². The summed E-state index contributed by atoms with van der Waals surface area (Å²) >= 11 is 0. The normalized spacial score (nSPS) is 13.8. The summed E-state index contributed by atoms with van der Waals surface area (Å²) in [5.74, 6) is 3.88. The molecular formula is C22H19O2P. The fourth-order valence-electron chi connectivity index (χ4n) is 2.26. The average Bonchev–Trinajstić information content (AvgIpc) is 2.68. The number of hydrogen-bond donors (Lipinski definition) is 0. The average molecular weight is 346 g/mol. The summed E-state index contributed by atoms with van der Waals surface area (Å²) in [4.78, 5) is 0. The van der Waals surface area contributed by atoms with Crippen LogP contribution < -0.4 is 4.52 Å². The predicted octanol–water partition coefficient (Wildman–Crippen LogP) is 6.69. The molecule has 0 atom stereocenters. The van der Waals surface area contributed by atoms with Gasteiger partial charge in [0.1, 0.15) is 5.75 Å². The number of rotatable bonds is 6. The Balaban J connectivity index is 1.88. The van der Waals surface area contributed by atoms with E-state index in [1.54, 1.807) is 23.8 Å². The summed E-state index contributed by atoms with van der Waals surface area (Å²) in [6, 6.07) is 28.8. The summed E-state index contributed by atoms with van der Waals surface area (Å²) < 4.78 is 19.2. The highest BCUT2D eigenvalue weighted by molar-refractivity contribution is 7.66. The summed E-state index contributed by atoms with van der Waals surface area (Å²) in [7, 11) is -3.13. The molecule has 3 heteroatoms. The first kappa shape index (κ1) is 17.0. The molecule has 0 saturated heterocycles. The molecule has 0 N–H and O–H groups in total. The Morgan fingerprint density at radius 2 is 1.00 bits per heavy atom. The minimum Gasteiger partial charge on any atom is -0.438 e. The second-order valence-electron chi connectivity index (χ2n) is 5.50. The van der Waals surface area contributed by atoms with Crippen LogP contribution in [0.4, 0.5) is 0 Å². The number of benzene rings is 3. The van der Waals surface area contributed by atoms with Crippen LogP contribution in [-0.4, -0.2) is 0 Å². The highest BCUT2D eigenvalue weighted by atomic mass is 31.2. The first-order chi connectivity index (χ1) is 12.2. The summed E-state index contributed by atoms with van der Waals surface area (Å²) in [6.07, 6.45) is 3.66. The largest absolute Gasteiger partial charge is 0.438 e. The molecule has 0 fully saturated rings. The molecule has 0 bridgehead atoms. The van der Waals surface area contributed by atoms with Crippen molar-refractivity contribution in [1.29, 1.82) is 0 Å². The quantitative estimate of drug-likeness (QED) is 0.465. The molecular weight excluding hydrogens is 327 g/mol. The van der Waals surface area contributed by atoms with Gasteiger partial charge in [-0.05, 0) is 35.4 Å². The molecule has 0 spiro atoms. The second kappa shape index (κ2) is 8.32. The van der Waals surface area contributed by atoms with Crippen LogP contribution in [0.25, 0.3) is 12.2 Å². The molecule has 0 saturated carbocycles. The predicted molar refractivity (Wildman–Crippen MR) is 106 cm³/mol. The van der Waals surface area contributed by atoms with Crippen molar-refractivity contribution in [2.24, 2.45) is 0 Å². The van der Waals surface area contributed by atoms with Crippen molar-refractivity contribution in [2.75, 3.05) is 0 Å². The molecule has 3 aromatic rings. The summed E-state index contributed by atoms with van der Waals surface area (Å²) in [6.45, 7) is 0. The lowest BCUT2D eigenvalue weighted by Crippen LogP contribution is -1.87. The molecule has 2 nitrogen and oxygen atoms in total. The maximum atomic E-state index is 13.3. The Morgan fingerprint density at radius 1 is 0.600 bits per heavy atom. The molecule has 0 aromatic heterocycles. The third kappa shape index (κ3) is 5.34. The Hall–Kier alpha value is -2.83. The van der Waals surface area contributed by atoms with Gasteiger partial charge in [-0.1, -0.05) is 78.9 Å². The van der Waals surface area contributed by atoms with Gasteiger partial charge in [0.15, 0.2) is 0 Å². The van der Waals surface area contributed by atoms with Crippen molar-refractivity contribution in [2.45, 2.75) is 0 Å². The number of hydrogen-bond acceptors (Lipinski definition) is 2. The zero-order chi connectivity index (χ0) is 17.4. The van der Waals surface area contributed by atoms with Crippen LogP contribution in [0.5, 0.6) is 5.75 Å². The van der Waals surface area contributed by atoms with Crippen molar-refractivity contribution < 1.29 is 9.09 Å². The van der Waals surface area contributed by atoms with Crippen LogP contribution in [0.15, 0.2) is 103 Å². The molecule has 0 aliphatic heterocycles. The molecule has 0 aliphatic rings. The van der Waals surface area contributed by atoms with Crippen molar-refractivity contribution in [3.63, 3.8) is 0 Å². The molecule has 0 heterocycles. The minimum absolute atomic E-state index is 0.584. The fraction of sp³-hybridized carbons (Fsp3) is 0. The Morgan fingerprint density at radius 3 is 1.44 bits per heavy atom. The van der Waals surface area contributed by atoms with E-state index >= 15 is 0 Å². The summed E-state index contributed by atoms with van der Waals surface area (Å²) in [5.41, 5.74) is 1.96. The monoisotopic (exact) mass is 346 g/mol. The standard InChI is InChI=1S/C22H19O2P/c23-25(24-22-14-8-3-9-15-22,18-16-20-10-4-1-5-11-20)19-17-21-12-6-2-7-13-21/h1-19H. The van der Waals surface area contributed by atoms with E-state index in [4.69, 9.17) is 4.52 Å². The van der Waals surface area contributed by atoms with E-state index in [0.29, 0.717) is 5.75 Å². The zero-order valence-electron chi connectivity index (χ0n) is 13.7. The van der Waals surface area contributed by atoms with E-state index < -0.39 is 7.37 Å². The molecule has 0 amide bonds. The third-order valence-corrected chi connectivity index (χ3v) is 5.17. The smallest absolute Gasteiger partial charge is 0.292 e. The van der Waals surface area contributed by atoms with Gasteiger partial charge in [0.25, 0.3) is 7.37 Å². The van der Waals surface area contributed by atoms with Gasteiger partial charge in [0.05, 0.1) is 0 Å². The van der Waals surface area contributed by atoms with Crippen molar-refractivity contribution in [3.8, 4) is 5.75 Å². The van der Waals surface area contributed by atoms with Gasteiger partial charge in [-0.15, -0.1) is 0 Å². The Kier molecular flexibility index (Phi) is 5.66. The molecule has 0 unspecified atom stereocenters. The minimum atomic E-state index is -3.13. The van der Waals surface area contributed by atoms with E-state index in [-0.39, 0.29) is 0 Å². The van der Waals surface area contributed by atoms with Crippen molar-refractivity contribution in [3.05, 3.63) is 114 Å². The lowest BCUT2D eigenvalue weighted by molar-refractivity contribution is 0.501. The van der Waals surface area contributed by atoms with E-state index in [9.17, 15) is 4.57 Å². The molecule has 25 heavy (non-hydrogen) atoms. The van der Waals surface area contributed by atoms with Crippen LogP contribution >= 0.6 is 7.37 Å². The third-order valence-electron chi connectivity index (χ3n) is 3.54. The SMILES string of the molecule is O=P(C=Cc1ccccc1)(C=Cc1ccccc1)Oc1ccccc1. The van der Waals surface area contributed by atoms with Crippen LogP contribution in [-0.2, 0) is 4.57 Å². The van der Waals surface area contributed by atoms with E-state index in [2.05, 4.69) is 0 Å². The second-order valence-corrected chi connectivity index (χ2v) is 7.57. The van der Waals surface area contributed by atoms with Crippen LogP contribution in [0.1, 0.15) is 11.1 Å². The van der Waals surface area contributed by atoms with Crippen molar-refractivity contribution in [1.82, 2.24) is 0 Å². The highest BCUT2D eigenvalue weighted by Gasteiger charge is 2.17.